The number of aryl methyl sites for hydroxylation is 1. The summed E-state index contributed by atoms with van der Waals surface area (Å²) in [5.41, 5.74) is 3.19. The molecule has 27 heavy (non-hydrogen) atoms. The molecule has 0 spiro atoms. The molecule has 1 aromatic rings. The Morgan fingerprint density at radius 1 is 1.07 bits per heavy atom. The molecule has 0 N–H and O–H groups in total. The van der Waals surface area contributed by atoms with Crippen molar-refractivity contribution in [1.82, 2.24) is 14.4 Å². The van der Waals surface area contributed by atoms with Crippen molar-refractivity contribution in [3.8, 4) is 0 Å². The number of carbonyl (C=O) groups excluding carboxylic acids is 2. The quantitative estimate of drug-likeness (QED) is 0.739. The maximum absolute atomic E-state index is 12.9. The molecule has 1 aliphatic heterocycles. The van der Waals surface area contributed by atoms with Gasteiger partial charge in [-0.15, -0.1) is 0 Å². The monoisotopic (exact) mass is 375 g/mol. The molecule has 0 bridgehead atoms. The van der Waals surface area contributed by atoms with Gasteiger partial charge >= 0.3 is 6.09 Å². The van der Waals surface area contributed by atoms with E-state index in [2.05, 4.69) is 29.4 Å². The molecule has 150 valence electrons. The minimum atomic E-state index is -0.250. The fourth-order valence-electron chi connectivity index (χ4n) is 4.55. The topological polar surface area (TPSA) is 54.8 Å². The lowest BCUT2D eigenvalue weighted by Gasteiger charge is -2.33. The molecular formula is C21H33N3O3. The summed E-state index contributed by atoms with van der Waals surface area (Å²) in [7, 11) is 0. The first kappa shape index (κ1) is 19.9. The van der Waals surface area contributed by atoms with E-state index in [4.69, 9.17) is 4.74 Å². The lowest BCUT2D eigenvalue weighted by molar-refractivity contribution is 0.0733. The summed E-state index contributed by atoms with van der Waals surface area (Å²) in [6.07, 6.45) is 6.10. The van der Waals surface area contributed by atoms with E-state index in [1.165, 1.54) is 37.8 Å². The zero-order valence-corrected chi connectivity index (χ0v) is 17.0. The molecule has 0 aromatic carbocycles. The van der Waals surface area contributed by atoms with Gasteiger partial charge in [0.05, 0.1) is 13.2 Å². The van der Waals surface area contributed by atoms with Crippen molar-refractivity contribution in [2.45, 2.75) is 58.9 Å². The van der Waals surface area contributed by atoms with Gasteiger partial charge in [-0.25, -0.2) is 4.79 Å². The smallest absolute Gasteiger partial charge is 0.409 e. The van der Waals surface area contributed by atoms with Gasteiger partial charge in [0, 0.05) is 49.2 Å². The molecule has 6 heteroatoms. The minimum Gasteiger partial charge on any atom is -0.450 e. The molecule has 1 saturated heterocycles. The van der Waals surface area contributed by atoms with Crippen molar-refractivity contribution in [3.63, 3.8) is 0 Å². The summed E-state index contributed by atoms with van der Waals surface area (Å²) in [4.78, 5) is 28.6. The van der Waals surface area contributed by atoms with Crippen molar-refractivity contribution >= 4 is 11.9 Å². The number of carbonyl (C=O) groups is 2. The third-order valence-electron chi connectivity index (χ3n) is 5.99. The van der Waals surface area contributed by atoms with Crippen molar-refractivity contribution in [1.29, 1.82) is 0 Å². The molecular weight excluding hydrogens is 342 g/mol. The normalized spacial score (nSPS) is 19.3. The minimum absolute atomic E-state index is 0.190. The van der Waals surface area contributed by atoms with Gasteiger partial charge in [-0.1, -0.05) is 19.3 Å². The molecule has 2 aliphatic rings. The molecule has 3 rings (SSSR count). The lowest BCUT2D eigenvalue weighted by atomic mass is 9.95. The second kappa shape index (κ2) is 8.91. The number of piperazine rings is 1. The Morgan fingerprint density at radius 2 is 1.74 bits per heavy atom. The number of hydrogen-bond acceptors (Lipinski definition) is 4. The molecule has 0 atom stereocenters. The standard InChI is InChI=1S/C21H33N3O3/c1-4-27-21(26)23-12-10-22(11-13-23)15-20(25)19-14-16(2)24(17(19)3)18-8-6-5-7-9-18/h14,18H,4-13,15H2,1-3H3. The highest BCUT2D eigenvalue weighted by Gasteiger charge is 2.26. The van der Waals surface area contributed by atoms with Crippen LogP contribution >= 0.6 is 0 Å². The first-order chi connectivity index (χ1) is 13.0. The first-order valence-corrected chi connectivity index (χ1v) is 10.4. The van der Waals surface area contributed by atoms with E-state index in [0.29, 0.717) is 45.4 Å². The summed E-state index contributed by atoms with van der Waals surface area (Å²) in [6, 6.07) is 2.62. The van der Waals surface area contributed by atoms with Gasteiger partial charge in [0.2, 0.25) is 0 Å². The maximum Gasteiger partial charge on any atom is 0.409 e. The molecule has 6 nitrogen and oxygen atoms in total. The van der Waals surface area contributed by atoms with Crippen LogP contribution in [0.5, 0.6) is 0 Å². The highest BCUT2D eigenvalue weighted by atomic mass is 16.6. The molecule has 1 aromatic heterocycles. The first-order valence-electron chi connectivity index (χ1n) is 10.4. The summed E-state index contributed by atoms with van der Waals surface area (Å²) >= 11 is 0. The van der Waals surface area contributed by atoms with E-state index < -0.39 is 0 Å². The van der Waals surface area contributed by atoms with Gasteiger partial charge in [0.15, 0.2) is 5.78 Å². The molecule has 1 aliphatic carbocycles. The van der Waals surface area contributed by atoms with Gasteiger partial charge in [0.25, 0.3) is 0 Å². The second-order valence-electron chi connectivity index (χ2n) is 7.83. The van der Waals surface area contributed by atoms with Crippen LogP contribution < -0.4 is 0 Å². The number of Topliss-reactive ketones (excluding diaryl/α,β-unsaturated/α-hetero) is 1. The van der Waals surface area contributed by atoms with Crippen molar-refractivity contribution in [2.24, 2.45) is 0 Å². The third-order valence-corrected chi connectivity index (χ3v) is 5.99. The fourth-order valence-corrected chi connectivity index (χ4v) is 4.55. The van der Waals surface area contributed by atoms with Crippen molar-refractivity contribution in [2.75, 3.05) is 39.3 Å². The number of aromatic nitrogens is 1. The number of rotatable bonds is 5. The Labute approximate surface area is 162 Å². The van der Waals surface area contributed by atoms with Crippen LogP contribution in [-0.2, 0) is 4.74 Å². The van der Waals surface area contributed by atoms with Crippen LogP contribution in [0, 0.1) is 13.8 Å². The van der Waals surface area contributed by atoms with Crippen LogP contribution in [0.1, 0.15) is 66.8 Å². The van der Waals surface area contributed by atoms with Crippen LogP contribution in [0.3, 0.4) is 0 Å². The van der Waals surface area contributed by atoms with E-state index in [1.54, 1.807) is 4.90 Å². The number of hydrogen-bond donors (Lipinski definition) is 0. The third kappa shape index (κ3) is 4.54. The summed E-state index contributed by atoms with van der Waals surface area (Å²) in [5, 5.41) is 0. The second-order valence-corrected chi connectivity index (χ2v) is 7.83. The summed E-state index contributed by atoms with van der Waals surface area (Å²) in [6.45, 7) is 9.51. The largest absolute Gasteiger partial charge is 0.450 e. The fraction of sp³-hybridized carbons (Fsp3) is 0.714. The molecule has 2 heterocycles. The highest BCUT2D eigenvalue weighted by molar-refractivity contribution is 5.99. The summed E-state index contributed by atoms with van der Waals surface area (Å²) in [5.74, 6) is 0.190. The Balaban J connectivity index is 1.60. The van der Waals surface area contributed by atoms with Gasteiger partial charge in [-0.05, 0) is 39.7 Å². The SMILES string of the molecule is CCOC(=O)N1CCN(CC(=O)c2cc(C)n(C3CCCCC3)c2C)CC1. The number of ether oxygens (including phenoxy) is 1. The maximum atomic E-state index is 12.9. The Morgan fingerprint density at radius 3 is 2.37 bits per heavy atom. The number of ketones is 1. The van der Waals surface area contributed by atoms with Crippen molar-refractivity contribution < 1.29 is 14.3 Å². The molecule has 2 fully saturated rings. The van der Waals surface area contributed by atoms with Gasteiger partial charge in [-0.3, -0.25) is 9.69 Å². The van der Waals surface area contributed by atoms with Gasteiger partial charge in [0.1, 0.15) is 0 Å². The van der Waals surface area contributed by atoms with E-state index in [0.717, 1.165) is 11.3 Å². The van der Waals surface area contributed by atoms with Crippen molar-refractivity contribution in [3.05, 3.63) is 23.0 Å². The predicted molar refractivity (Wildman–Crippen MR) is 105 cm³/mol. The Kier molecular flexibility index (Phi) is 6.58. The molecule has 0 radical (unpaired) electrons. The zero-order chi connectivity index (χ0) is 19.4. The number of nitrogens with zero attached hydrogens (tertiary/aromatic N) is 3. The summed E-state index contributed by atoms with van der Waals surface area (Å²) < 4.78 is 7.45. The predicted octanol–water partition coefficient (Wildman–Crippen LogP) is 3.57. The highest BCUT2D eigenvalue weighted by Crippen LogP contribution is 2.32. The number of amides is 1. The molecule has 1 saturated carbocycles. The van der Waals surface area contributed by atoms with E-state index in [9.17, 15) is 9.59 Å². The van der Waals surface area contributed by atoms with Crippen LogP contribution in [0.15, 0.2) is 6.07 Å². The van der Waals surface area contributed by atoms with Gasteiger partial charge in [-0.2, -0.15) is 0 Å². The lowest BCUT2D eigenvalue weighted by Crippen LogP contribution is -2.50. The van der Waals surface area contributed by atoms with Crippen LogP contribution in [0.4, 0.5) is 4.79 Å². The zero-order valence-electron chi connectivity index (χ0n) is 17.0. The van der Waals surface area contributed by atoms with Gasteiger partial charge < -0.3 is 14.2 Å². The average molecular weight is 376 g/mol. The van der Waals surface area contributed by atoms with Crippen LogP contribution in [0.2, 0.25) is 0 Å². The van der Waals surface area contributed by atoms with E-state index in [1.807, 2.05) is 6.92 Å². The Hall–Kier alpha value is -1.82. The Bertz CT molecular complexity index is 668. The van der Waals surface area contributed by atoms with Crippen LogP contribution in [0.25, 0.3) is 0 Å². The molecule has 1 amide bonds. The van der Waals surface area contributed by atoms with Crippen LogP contribution in [-0.4, -0.2) is 65.6 Å². The average Bonchev–Trinajstić information content (AvgIpc) is 2.97. The van der Waals surface area contributed by atoms with E-state index in [-0.39, 0.29) is 11.9 Å². The molecule has 0 unspecified atom stereocenters. The van der Waals surface area contributed by atoms with E-state index >= 15 is 0 Å².